The van der Waals surface area contributed by atoms with Crippen LogP contribution in [-0.2, 0) is 6.54 Å². The lowest BCUT2D eigenvalue weighted by Crippen LogP contribution is -1.87. The van der Waals surface area contributed by atoms with Crippen LogP contribution in [0.4, 0.5) is 5.82 Å². The van der Waals surface area contributed by atoms with Crippen molar-refractivity contribution >= 4 is 16.7 Å². The summed E-state index contributed by atoms with van der Waals surface area (Å²) < 4.78 is 0. The first-order valence-corrected chi connectivity index (χ1v) is 6.05. The zero-order chi connectivity index (χ0) is 12.9. The van der Waals surface area contributed by atoms with Crippen molar-refractivity contribution in [3.05, 3.63) is 66.5 Å². The molecular formula is C15H12N4. The lowest BCUT2D eigenvalue weighted by Gasteiger charge is -1.99. The monoisotopic (exact) mass is 248 g/mol. The first kappa shape index (κ1) is 11.5. The van der Waals surface area contributed by atoms with Crippen LogP contribution in [-0.4, -0.2) is 9.97 Å². The van der Waals surface area contributed by atoms with Crippen molar-refractivity contribution in [2.75, 3.05) is 0 Å². The predicted molar refractivity (Wildman–Crippen MR) is 74.2 cm³/mol. The summed E-state index contributed by atoms with van der Waals surface area (Å²) in [5, 5.41) is 9.31. The third kappa shape index (κ3) is 2.80. The van der Waals surface area contributed by atoms with E-state index in [4.69, 9.17) is 0 Å². The first-order chi connectivity index (χ1) is 9.42. The number of aromatic nitrogens is 2. The molecule has 19 heavy (non-hydrogen) atoms. The van der Waals surface area contributed by atoms with Gasteiger partial charge in [-0.25, -0.2) is 4.98 Å². The number of para-hydroxylation sites is 1. The number of rotatable bonds is 3. The van der Waals surface area contributed by atoms with E-state index in [1.165, 1.54) is 0 Å². The summed E-state index contributed by atoms with van der Waals surface area (Å²) >= 11 is 0. The van der Waals surface area contributed by atoms with Crippen molar-refractivity contribution in [3.8, 4) is 0 Å². The van der Waals surface area contributed by atoms with Gasteiger partial charge >= 0.3 is 0 Å². The Morgan fingerprint density at radius 2 is 1.79 bits per heavy atom. The van der Waals surface area contributed by atoms with Gasteiger partial charge in [0.25, 0.3) is 0 Å². The number of benzene rings is 1. The molecule has 92 valence electrons. The maximum atomic E-state index is 4.53. The van der Waals surface area contributed by atoms with Crippen LogP contribution in [0.5, 0.6) is 0 Å². The van der Waals surface area contributed by atoms with Gasteiger partial charge in [0.15, 0.2) is 5.82 Å². The molecule has 4 nitrogen and oxygen atoms in total. The van der Waals surface area contributed by atoms with Crippen molar-refractivity contribution in [2.45, 2.75) is 6.54 Å². The van der Waals surface area contributed by atoms with E-state index >= 15 is 0 Å². The Kier molecular flexibility index (Phi) is 3.23. The molecule has 0 atom stereocenters. The number of fused-ring (bicyclic) bond motifs is 1. The van der Waals surface area contributed by atoms with E-state index in [9.17, 15) is 0 Å². The van der Waals surface area contributed by atoms with Gasteiger partial charge in [-0.05, 0) is 24.3 Å². The summed E-state index contributed by atoms with van der Waals surface area (Å²) in [6, 6.07) is 17.6. The summed E-state index contributed by atoms with van der Waals surface area (Å²) in [4.78, 5) is 8.61. The highest BCUT2D eigenvalue weighted by Gasteiger charge is 1.97. The van der Waals surface area contributed by atoms with Gasteiger partial charge in [0, 0.05) is 11.6 Å². The van der Waals surface area contributed by atoms with Gasteiger partial charge in [-0.3, -0.25) is 4.98 Å². The molecule has 0 aliphatic carbocycles. The zero-order valence-corrected chi connectivity index (χ0v) is 10.3. The van der Waals surface area contributed by atoms with Gasteiger partial charge in [0.1, 0.15) is 6.54 Å². The molecule has 0 spiro atoms. The van der Waals surface area contributed by atoms with Crippen LogP contribution in [0.2, 0.25) is 0 Å². The van der Waals surface area contributed by atoms with Gasteiger partial charge < -0.3 is 0 Å². The molecule has 0 aliphatic rings. The molecule has 3 aromatic rings. The van der Waals surface area contributed by atoms with Gasteiger partial charge in [0.2, 0.25) is 0 Å². The molecular weight excluding hydrogens is 236 g/mol. The molecule has 0 bridgehead atoms. The number of hydrogen-bond acceptors (Lipinski definition) is 4. The Morgan fingerprint density at radius 1 is 0.895 bits per heavy atom. The van der Waals surface area contributed by atoms with Crippen molar-refractivity contribution in [3.63, 3.8) is 0 Å². The molecule has 0 saturated heterocycles. The highest BCUT2D eigenvalue weighted by atomic mass is 15.1. The molecule has 0 unspecified atom stereocenters. The Labute approximate surface area is 110 Å². The number of nitrogens with zero attached hydrogens (tertiary/aromatic N) is 4. The minimum absolute atomic E-state index is 0.460. The molecule has 3 rings (SSSR count). The maximum absolute atomic E-state index is 4.53. The van der Waals surface area contributed by atoms with E-state index in [1.807, 2.05) is 54.6 Å². The molecule has 2 aromatic heterocycles. The van der Waals surface area contributed by atoms with Crippen LogP contribution in [0.1, 0.15) is 5.69 Å². The second-order valence-corrected chi connectivity index (χ2v) is 4.08. The van der Waals surface area contributed by atoms with E-state index in [0.29, 0.717) is 12.4 Å². The SMILES string of the molecule is c1ccc(N=NCc2ccc3ccccc3n2)nc1. The normalized spacial score (nSPS) is 11.2. The molecule has 2 heterocycles. The van der Waals surface area contributed by atoms with E-state index in [2.05, 4.69) is 20.2 Å². The second kappa shape index (κ2) is 5.35. The van der Waals surface area contributed by atoms with E-state index in [0.717, 1.165) is 16.6 Å². The molecule has 0 N–H and O–H groups in total. The van der Waals surface area contributed by atoms with Crippen molar-refractivity contribution in [1.82, 2.24) is 9.97 Å². The average molecular weight is 248 g/mol. The fourth-order valence-electron chi connectivity index (χ4n) is 1.79. The minimum Gasteiger partial charge on any atom is -0.251 e. The predicted octanol–water partition coefficient (Wildman–Crippen LogP) is 3.91. The average Bonchev–Trinajstić information content (AvgIpc) is 2.48. The fraction of sp³-hybridized carbons (Fsp3) is 0.0667. The zero-order valence-electron chi connectivity index (χ0n) is 10.3. The van der Waals surface area contributed by atoms with E-state index in [1.54, 1.807) is 6.20 Å². The van der Waals surface area contributed by atoms with Crippen LogP contribution in [0.25, 0.3) is 10.9 Å². The summed E-state index contributed by atoms with van der Waals surface area (Å²) in [5.41, 5.74) is 1.88. The van der Waals surface area contributed by atoms with Gasteiger partial charge in [0.05, 0.1) is 11.2 Å². The Balaban J connectivity index is 1.77. The standard InChI is InChI=1S/C15H12N4/c1-2-6-14-12(5-1)8-9-13(18-14)11-17-19-15-7-3-4-10-16-15/h1-10H,11H2. The van der Waals surface area contributed by atoms with E-state index in [-0.39, 0.29) is 0 Å². The molecule has 0 fully saturated rings. The van der Waals surface area contributed by atoms with Crippen LogP contribution in [0.3, 0.4) is 0 Å². The summed E-state index contributed by atoms with van der Waals surface area (Å²) in [6.45, 7) is 0.460. The van der Waals surface area contributed by atoms with Crippen LogP contribution in [0, 0.1) is 0 Å². The highest BCUT2D eigenvalue weighted by Crippen LogP contribution is 2.13. The maximum Gasteiger partial charge on any atom is 0.173 e. The van der Waals surface area contributed by atoms with Crippen molar-refractivity contribution in [1.29, 1.82) is 0 Å². The van der Waals surface area contributed by atoms with Gasteiger partial charge in [-0.15, -0.1) is 5.11 Å². The lowest BCUT2D eigenvalue weighted by atomic mass is 10.2. The largest absolute Gasteiger partial charge is 0.251 e. The number of azo groups is 1. The van der Waals surface area contributed by atoms with Gasteiger partial charge in [-0.1, -0.05) is 30.3 Å². The van der Waals surface area contributed by atoms with Crippen molar-refractivity contribution < 1.29 is 0 Å². The minimum atomic E-state index is 0.460. The van der Waals surface area contributed by atoms with E-state index < -0.39 is 0 Å². The highest BCUT2D eigenvalue weighted by molar-refractivity contribution is 5.78. The Hall–Kier alpha value is -2.62. The quantitative estimate of drug-likeness (QED) is 0.660. The Bertz CT molecular complexity index is 707. The molecule has 0 saturated carbocycles. The Morgan fingerprint density at radius 3 is 2.68 bits per heavy atom. The topological polar surface area (TPSA) is 50.5 Å². The van der Waals surface area contributed by atoms with Crippen LogP contribution < -0.4 is 0 Å². The molecule has 4 heteroatoms. The summed E-state index contributed by atoms with van der Waals surface area (Å²) in [6.07, 6.45) is 1.70. The van der Waals surface area contributed by atoms with Crippen LogP contribution >= 0.6 is 0 Å². The molecule has 0 aliphatic heterocycles. The second-order valence-electron chi connectivity index (χ2n) is 4.08. The summed E-state index contributed by atoms with van der Waals surface area (Å²) in [7, 11) is 0. The lowest BCUT2D eigenvalue weighted by molar-refractivity contribution is 0.914. The van der Waals surface area contributed by atoms with Crippen LogP contribution in [0.15, 0.2) is 71.0 Å². The van der Waals surface area contributed by atoms with Gasteiger partial charge in [-0.2, -0.15) is 5.11 Å². The molecule has 1 aromatic carbocycles. The fourth-order valence-corrected chi connectivity index (χ4v) is 1.79. The molecule has 0 amide bonds. The van der Waals surface area contributed by atoms with Crippen molar-refractivity contribution in [2.24, 2.45) is 10.2 Å². The first-order valence-electron chi connectivity index (χ1n) is 6.05. The molecule has 0 radical (unpaired) electrons. The third-order valence-electron chi connectivity index (χ3n) is 2.71. The number of pyridine rings is 2. The smallest absolute Gasteiger partial charge is 0.173 e. The third-order valence-corrected chi connectivity index (χ3v) is 2.71. The number of hydrogen-bond donors (Lipinski definition) is 0. The summed E-state index contributed by atoms with van der Waals surface area (Å²) in [5.74, 6) is 0.614.